The molecule has 0 spiro atoms. The first-order chi connectivity index (χ1) is 16.9. The van der Waals surface area contributed by atoms with Crippen LogP contribution < -0.4 is 5.32 Å². The smallest absolute Gasteiger partial charge is 0.408 e. The number of benzene rings is 2. The summed E-state index contributed by atoms with van der Waals surface area (Å²) in [5.74, 6) is -4.94. The highest BCUT2D eigenvalue weighted by atomic mass is 19.4. The van der Waals surface area contributed by atoms with E-state index >= 15 is 0 Å². The van der Waals surface area contributed by atoms with Gasteiger partial charge in [0.1, 0.15) is 25.0 Å². The SMILES string of the molecule is COC(=O)C[C@H](NC(=O)OCc1ccccc1)C(=O)N(Cc1cc(C(=O)O)ccc1F)CC(F)(F)F. The van der Waals surface area contributed by atoms with Gasteiger partial charge >= 0.3 is 24.2 Å². The van der Waals surface area contributed by atoms with Crippen molar-refractivity contribution in [3.63, 3.8) is 0 Å². The Bertz CT molecular complexity index is 1090. The number of esters is 1. The predicted octanol–water partition coefficient (Wildman–Crippen LogP) is 3.27. The van der Waals surface area contributed by atoms with Gasteiger partial charge in [0.05, 0.1) is 19.1 Å². The second-order valence-corrected chi connectivity index (χ2v) is 7.46. The van der Waals surface area contributed by atoms with Crippen molar-refractivity contribution in [2.45, 2.75) is 31.8 Å². The maximum Gasteiger partial charge on any atom is 0.408 e. The number of carboxylic acid groups (broad SMARTS) is 1. The summed E-state index contributed by atoms with van der Waals surface area (Å²) < 4.78 is 63.4. The maximum atomic E-state index is 14.3. The van der Waals surface area contributed by atoms with E-state index in [-0.39, 0.29) is 11.5 Å². The molecule has 2 amide bonds. The number of methoxy groups -OCH3 is 1. The van der Waals surface area contributed by atoms with Crippen LogP contribution in [0.3, 0.4) is 0 Å². The summed E-state index contributed by atoms with van der Waals surface area (Å²) in [4.78, 5) is 48.4. The molecule has 0 bridgehead atoms. The molecule has 0 aliphatic heterocycles. The van der Waals surface area contributed by atoms with Gasteiger partial charge in [-0.15, -0.1) is 0 Å². The Morgan fingerprint density at radius 3 is 2.33 bits per heavy atom. The first-order valence-electron chi connectivity index (χ1n) is 10.3. The zero-order valence-electron chi connectivity index (χ0n) is 18.9. The third-order valence-electron chi connectivity index (χ3n) is 4.74. The van der Waals surface area contributed by atoms with Crippen molar-refractivity contribution in [2.24, 2.45) is 0 Å². The number of alkyl carbamates (subject to hydrolysis) is 1. The largest absolute Gasteiger partial charge is 0.478 e. The molecule has 0 heterocycles. The van der Waals surface area contributed by atoms with E-state index < -0.39 is 72.6 Å². The molecule has 0 fully saturated rings. The minimum Gasteiger partial charge on any atom is -0.478 e. The van der Waals surface area contributed by atoms with Crippen molar-refractivity contribution < 1.29 is 51.3 Å². The number of nitrogens with zero attached hydrogens (tertiary/aromatic N) is 1. The van der Waals surface area contributed by atoms with Gasteiger partial charge in [0, 0.05) is 12.1 Å². The Labute approximate surface area is 202 Å². The number of aromatic carboxylic acids is 1. The quantitative estimate of drug-likeness (QED) is 0.369. The molecule has 194 valence electrons. The molecule has 13 heteroatoms. The number of amides is 2. The van der Waals surface area contributed by atoms with Crippen molar-refractivity contribution in [1.29, 1.82) is 0 Å². The number of carbonyl (C=O) groups excluding carboxylic acids is 3. The molecule has 2 aromatic carbocycles. The van der Waals surface area contributed by atoms with E-state index in [4.69, 9.17) is 9.84 Å². The van der Waals surface area contributed by atoms with Gasteiger partial charge < -0.3 is 24.8 Å². The Kier molecular flexibility index (Phi) is 9.76. The predicted molar refractivity (Wildman–Crippen MR) is 115 cm³/mol. The van der Waals surface area contributed by atoms with E-state index in [0.29, 0.717) is 5.56 Å². The minimum atomic E-state index is -4.94. The van der Waals surface area contributed by atoms with Crippen LogP contribution in [0.25, 0.3) is 0 Å². The molecule has 0 saturated carbocycles. The van der Waals surface area contributed by atoms with Crippen LogP contribution in [-0.4, -0.2) is 59.8 Å². The molecule has 2 rings (SSSR count). The van der Waals surface area contributed by atoms with E-state index in [2.05, 4.69) is 4.74 Å². The molecule has 36 heavy (non-hydrogen) atoms. The molecule has 9 nitrogen and oxygen atoms in total. The molecule has 0 aliphatic carbocycles. The number of nitrogens with one attached hydrogen (secondary N) is 1. The van der Waals surface area contributed by atoms with E-state index in [1.807, 2.05) is 5.32 Å². The summed E-state index contributed by atoms with van der Waals surface area (Å²) in [6.07, 6.45) is -6.99. The number of rotatable bonds is 10. The molecule has 0 saturated heterocycles. The fourth-order valence-electron chi connectivity index (χ4n) is 3.04. The van der Waals surface area contributed by atoms with Crippen LogP contribution in [-0.2, 0) is 32.2 Å². The summed E-state index contributed by atoms with van der Waals surface area (Å²) in [6, 6.07) is 8.91. The first kappa shape index (κ1) is 28.1. The fraction of sp³-hybridized carbons (Fsp3) is 0.304. The van der Waals surface area contributed by atoms with Crippen LogP contribution >= 0.6 is 0 Å². The highest BCUT2D eigenvalue weighted by molar-refractivity contribution is 5.90. The number of carbonyl (C=O) groups is 4. The van der Waals surface area contributed by atoms with Crippen molar-refractivity contribution in [3.8, 4) is 0 Å². The highest BCUT2D eigenvalue weighted by Gasteiger charge is 2.37. The number of ether oxygens (including phenoxy) is 2. The highest BCUT2D eigenvalue weighted by Crippen LogP contribution is 2.21. The topological polar surface area (TPSA) is 122 Å². The van der Waals surface area contributed by atoms with E-state index in [0.717, 1.165) is 25.3 Å². The zero-order chi connectivity index (χ0) is 26.9. The second kappa shape index (κ2) is 12.5. The first-order valence-corrected chi connectivity index (χ1v) is 10.3. The van der Waals surface area contributed by atoms with E-state index in [9.17, 15) is 36.7 Å². The van der Waals surface area contributed by atoms with Gasteiger partial charge in [-0.25, -0.2) is 14.0 Å². The zero-order valence-corrected chi connectivity index (χ0v) is 18.9. The molecule has 2 N–H and O–H groups in total. The number of halogens is 4. The van der Waals surface area contributed by atoms with Crippen LogP contribution in [0.1, 0.15) is 27.9 Å². The minimum absolute atomic E-state index is 0.148. The summed E-state index contributed by atoms with van der Waals surface area (Å²) in [5, 5.41) is 11.1. The molecular weight excluding hydrogens is 492 g/mol. The third kappa shape index (κ3) is 8.89. The summed E-state index contributed by atoms with van der Waals surface area (Å²) >= 11 is 0. The lowest BCUT2D eigenvalue weighted by molar-refractivity contribution is -0.164. The Hall–Kier alpha value is -4.16. The van der Waals surface area contributed by atoms with Crippen LogP contribution in [0.4, 0.5) is 22.4 Å². The second-order valence-electron chi connectivity index (χ2n) is 7.46. The normalized spacial score (nSPS) is 11.8. The fourth-order valence-corrected chi connectivity index (χ4v) is 3.04. The van der Waals surface area contributed by atoms with Gasteiger partial charge in [-0.2, -0.15) is 13.2 Å². The number of hydrogen-bond donors (Lipinski definition) is 2. The van der Waals surface area contributed by atoms with E-state index in [1.54, 1.807) is 30.3 Å². The van der Waals surface area contributed by atoms with E-state index in [1.165, 1.54) is 0 Å². The molecule has 1 atom stereocenters. The summed E-state index contributed by atoms with van der Waals surface area (Å²) in [6.45, 7) is -3.10. The number of hydrogen-bond acceptors (Lipinski definition) is 6. The Morgan fingerprint density at radius 1 is 1.08 bits per heavy atom. The molecule has 0 radical (unpaired) electrons. The van der Waals surface area contributed by atoms with Crippen molar-refractivity contribution in [1.82, 2.24) is 10.2 Å². The van der Waals surface area contributed by atoms with Crippen molar-refractivity contribution in [2.75, 3.05) is 13.7 Å². The van der Waals surface area contributed by atoms with Crippen LogP contribution in [0.5, 0.6) is 0 Å². The van der Waals surface area contributed by atoms with Crippen LogP contribution in [0, 0.1) is 5.82 Å². The lowest BCUT2D eigenvalue weighted by Crippen LogP contribution is -2.51. The Morgan fingerprint density at radius 2 is 1.75 bits per heavy atom. The van der Waals surface area contributed by atoms with Gasteiger partial charge in [-0.3, -0.25) is 9.59 Å². The lowest BCUT2D eigenvalue weighted by atomic mass is 10.1. The molecular formula is C23H22F4N2O7. The molecule has 0 unspecified atom stereocenters. The number of alkyl halides is 3. The third-order valence-corrected chi connectivity index (χ3v) is 4.74. The average molecular weight is 514 g/mol. The standard InChI is InChI=1S/C23H22F4N2O7/c1-35-19(30)10-18(28-22(34)36-12-14-5-3-2-4-6-14)20(31)29(13-23(25,26)27)11-16-9-15(21(32)33)7-8-17(16)24/h2-9,18H,10-13H2,1H3,(H,28,34)(H,32,33)/t18-/m0/s1. The average Bonchev–Trinajstić information content (AvgIpc) is 2.82. The number of carboxylic acids is 1. The van der Waals surface area contributed by atoms with Gasteiger partial charge in [0.15, 0.2) is 0 Å². The van der Waals surface area contributed by atoms with Gasteiger partial charge in [-0.1, -0.05) is 30.3 Å². The summed E-state index contributed by atoms with van der Waals surface area (Å²) in [5.41, 5.74) is -0.355. The Balaban J connectivity index is 2.28. The van der Waals surface area contributed by atoms with Crippen LogP contribution in [0.2, 0.25) is 0 Å². The van der Waals surface area contributed by atoms with Crippen molar-refractivity contribution in [3.05, 3.63) is 71.0 Å². The van der Waals surface area contributed by atoms with Gasteiger partial charge in [-0.05, 0) is 23.8 Å². The van der Waals surface area contributed by atoms with Crippen LogP contribution in [0.15, 0.2) is 48.5 Å². The van der Waals surface area contributed by atoms with Crippen molar-refractivity contribution >= 4 is 23.9 Å². The molecule has 2 aromatic rings. The lowest BCUT2D eigenvalue weighted by Gasteiger charge is -2.28. The molecule has 0 aliphatic rings. The monoisotopic (exact) mass is 514 g/mol. The van der Waals surface area contributed by atoms with Gasteiger partial charge in [0.2, 0.25) is 5.91 Å². The van der Waals surface area contributed by atoms with Gasteiger partial charge in [0.25, 0.3) is 0 Å². The molecule has 0 aromatic heterocycles. The summed E-state index contributed by atoms with van der Waals surface area (Å²) in [7, 11) is 0.970. The maximum absolute atomic E-state index is 14.3.